The predicted octanol–water partition coefficient (Wildman–Crippen LogP) is 5.46. The van der Waals surface area contributed by atoms with Crippen LogP contribution in [0.2, 0.25) is 0 Å². The molecule has 1 aliphatic rings. The molecular formula is C24H21N3O2S. The quantitative estimate of drug-likeness (QED) is 0.470. The van der Waals surface area contributed by atoms with Crippen LogP contribution in [0.5, 0.6) is 5.75 Å². The molecule has 5 nitrogen and oxygen atoms in total. The van der Waals surface area contributed by atoms with Crippen molar-refractivity contribution < 1.29 is 9.53 Å². The van der Waals surface area contributed by atoms with E-state index >= 15 is 0 Å². The van der Waals surface area contributed by atoms with Crippen molar-refractivity contribution in [3.05, 3.63) is 72.4 Å². The Morgan fingerprint density at radius 1 is 1.13 bits per heavy atom. The predicted molar refractivity (Wildman–Crippen MR) is 121 cm³/mol. The summed E-state index contributed by atoms with van der Waals surface area (Å²) in [7, 11) is 0. The molecule has 0 aliphatic carbocycles. The number of para-hydroxylation sites is 1. The lowest BCUT2D eigenvalue weighted by molar-refractivity contribution is 0.102. The summed E-state index contributed by atoms with van der Waals surface area (Å²) in [5.41, 5.74) is 3.06. The Kier molecular flexibility index (Phi) is 4.93. The fraction of sp³-hybridized carbons (Fsp3) is 0.167. The Hall–Kier alpha value is -3.25. The number of nitrogens with zero attached hydrogens (tertiary/aromatic N) is 2. The molecule has 6 heteroatoms. The number of ether oxygens (including phenoxy) is 1. The van der Waals surface area contributed by atoms with E-state index in [9.17, 15) is 4.79 Å². The molecule has 0 bridgehead atoms. The summed E-state index contributed by atoms with van der Waals surface area (Å²) in [4.78, 5) is 18.2. The summed E-state index contributed by atoms with van der Waals surface area (Å²) in [5.74, 6) is 1.45. The van der Waals surface area contributed by atoms with Crippen molar-refractivity contribution in [1.82, 2.24) is 9.55 Å². The molecule has 1 aromatic heterocycles. The maximum absolute atomic E-state index is 13.4. The van der Waals surface area contributed by atoms with Crippen molar-refractivity contribution in [2.75, 3.05) is 17.7 Å². The molecule has 0 spiro atoms. The molecule has 0 fully saturated rings. The van der Waals surface area contributed by atoms with E-state index < -0.39 is 0 Å². The average Bonchev–Trinajstić information content (AvgIpc) is 3.36. The van der Waals surface area contributed by atoms with Crippen LogP contribution in [0.4, 0.5) is 5.69 Å². The highest BCUT2D eigenvalue weighted by molar-refractivity contribution is 7.99. The molecule has 0 saturated heterocycles. The summed E-state index contributed by atoms with van der Waals surface area (Å²) in [6.45, 7) is 3.38. The zero-order valence-electron chi connectivity index (χ0n) is 16.6. The summed E-state index contributed by atoms with van der Waals surface area (Å²) < 4.78 is 7.94. The highest BCUT2D eigenvalue weighted by Gasteiger charge is 2.20. The van der Waals surface area contributed by atoms with Crippen LogP contribution >= 0.6 is 11.8 Å². The van der Waals surface area contributed by atoms with Gasteiger partial charge in [0.2, 0.25) is 0 Å². The smallest absolute Gasteiger partial charge is 0.260 e. The summed E-state index contributed by atoms with van der Waals surface area (Å²) in [5, 5.41) is 6.01. The van der Waals surface area contributed by atoms with Gasteiger partial charge in [-0.1, -0.05) is 60.3 Å². The van der Waals surface area contributed by atoms with Gasteiger partial charge in [0.25, 0.3) is 5.91 Å². The zero-order valence-corrected chi connectivity index (χ0v) is 17.4. The van der Waals surface area contributed by atoms with Crippen molar-refractivity contribution in [2.45, 2.75) is 18.6 Å². The molecule has 1 aliphatic heterocycles. The molecule has 0 unspecified atom stereocenters. The maximum Gasteiger partial charge on any atom is 0.260 e. The number of amides is 1. The average molecular weight is 416 g/mol. The molecule has 0 atom stereocenters. The van der Waals surface area contributed by atoms with Gasteiger partial charge in [-0.2, -0.15) is 0 Å². The number of hydrogen-bond donors (Lipinski definition) is 1. The molecule has 1 N–H and O–H groups in total. The number of nitrogens with one attached hydrogen (secondary N) is 1. The van der Waals surface area contributed by atoms with Crippen molar-refractivity contribution in [3.8, 4) is 17.0 Å². The highest BCUT2D eigenvalue weighted by Crippen LogP contribution is 2.34. The molecule has 5 rings (SSSR count). The van der Waals surface area contributed by atoms with Crippen LogP contribution < -0.4 is 10.1 Å². The number of thioether (sulfide) groups is 1. The van der Waals surface area contributed by atoms with E-state index in [1.165, 1.54) is 0 Å². The van der Waals surface area contributed by atoms with Gasteiger partial charge in [0.05, 0.1) is 23.6 Å². The minimum Gasteiger partial charge on any atom is -0.493 e. The van der Waals surface area contributed by atoms with Gasteiger partial charge < -0.3 is 14.6 Å². The molecule has 2 heterocycles. The first-order valence-corrected chi connectivity index (χ1v) is 11.0. The standard InChI is InChI=1S/C24H21N3O2S/c1-2-29-21-12-11-16-7-3-4-8-17(16)22(21)23(28)25-19-10-6-5-9-18(19)20-15-27-13-14-30-24(27)26-20/h3-12,15H,2,13-14H2,1H3,(H,25,28). The van der Waals surface area contributed by atoms with Crippen LogP contribution in [0.15, 0.2) is 72.0 Å². The summed E-state index contributed by atoms with van der Waals surface area (Å²) in [6, 6.07) is 19.5. The van der Waals surface area contributed by atoms with Crippen LogP contribution in [-0.2, 0) is 6.54 Å². The number of imidazole rings is 1. The topological polar surface area (TPSA) is 56.1 Å². The van der Waals surface area contributed by atoms with E-state index in [1.807, 2.05) is 67.6 Å². The third kappa shape index (κ3) is 3.33. The number of aryl methyl sites for hydroxylation is 1. The number of benzene rings is 3. The van der Waals surface area contributed by atoms with Gasteiger partial charge in [-0.25, -0.2) is 4.98 Å². The first-order chi connectivity index (χ1) is 14.7. The normalized spacial score (nSPS) is 12.7. The van der Waals surface area contributed by atoms with Gasteiger partial charge in [0.1, 0.15) is 5.75 Å². The number of fused-ring (bicyclic) bond motifs is 2. The second-order valence-electron chi connectivity index (χ2n) is 7.04. The largest absolute Gasteiger partial charge is 0.493 e. The summed E-state index contributed by atoms with van der Waals surface area (Å²) in [6.07, 6.45) is 2.06. The number of rotatable bonds is 5. The van der Waals surface area contributed by atoms with Gasteiger partial charge in [-0.15, -0.1) is 0 Å². The first-order valence-electron chi connectivity index (χ1n) is 10.00. The number of anilines is 1. The molecule has 150 valence electrons. The number of hydrogen-bond acceptors (Lipinski definition) is 4. The number of carbonyl (C=O) groups excluding carboxylic acids is 1. The van der Waals surface area contributed by atoms with Crippen LogP contribution in [0, 0.1) is 0 Å². The molecule has 3 aromatic carbocycles. The van der Waals surface area contributed by atoms with Crippen molar-refractivity contribution in [3.63, 3.8) is 0 Å². The van der Waals surface area contributed by atoms with Crippen molar-refractivity contribution in [2.24, 2.45) is 0 Å². The Morgan fingerprint density at radius 2 is 1.97 bits per heavy atom. The molecule has 0 saturated carbocycles. The van der Waals surface area contributed by atoms with Crippen LogP contribution in [0.25, 0.3) is 22.0 Å². The van der Waals surface area contributed by atoms with Crippen LogP contribution in [-0.4, -0.2) is 27.8 Å². The van der Waals surface area contributed by atoms with Crippen molar-refractivity contribution in [1.29, 1.82) is 0 Å². The van der Waals surface area contributed by atoms with Gasteiger partial charge >= 0.3 is 0 Å². The van der Waals surface area contributed by atoms with E-state index in [-0.39, 0.29) is 5.91 Å². The lowest BCUT2D eigenvalue weighted by Gasteiger charge is -2.15. The Labute approximate surface area is 179 Å². The second-order valence-corrected chi connectivity index (χ2v) is 8.11. The molecular weight excluding hydrogens is 394 g/mol. The monoisotopic (exact) mass is 415 g/mol. The highest BCUT2D eigenvalue weighted by atomic mass is 32.2. The molecule has 1 amide bonds. The number of carbonyl (C=O) groups is 1. The lowest BCUT2D eigenvalue weighted by atomic mass is 10.0. The molecule has 30 heavy (non-hydrogen) atoms. The Morgan fingerprint density at radius 3 is 2.83 bits per heavy atom. The van der Waals surface area contributed by atoms with Gasteiger partial charge in [0, 0.05) is 24.1 Å². The third-order valence-corrected chi connectivity index (χ3v) is 6.14. The second kappa shape index (κ2) is 7.88. The van der Waals surface area contributed by atoms with Gasteiger partial charge in [-0.3, -0.25) is 4.79 Å². The molecule has 0 radical (unpaired) electrons. The van der Waals surface area contributed by atoms with E-state index in [1.54, 1.807) is 11.8 Å². The SMILES string of the molecule is CCOc1ccc2ccccc2c1C(=O)Nc1ccccc1-c1cn2c(n1)SCC2. The van der Waals surface area contributed by atoms with Crippen LogP contribution in [0.1, 0.15) is 17.3 Å². The van der Waals surface area contributed by atoms with E-state index in [2.05, 4.69) is 16.1 Å². The van der Waals surface area contributed by atoms with Gasteiger partial charge in [0.15, 0.2) is 5.16 Å². The zero-order chi connectivity index (χ0) is 20.5. The van der Waals surface area contributed by atoms with E-state index in [0.717, 1.165) is 45.2 Å². The van der Waals surface area contributed by atoms with E-state index in [0.29, 0.717) is 17.9 Å². The Bertz CT molecular complexity index is 1230. The van der Waals surface area contributed by atoms with Crippen LogP contribution in [0.3, 0.4) is 0 Å². The number of aromatic nitrogens is 2. The summed E-state index contributed by atoms with van der Waals surface area (Å²) >= 11 is 1.76. The lowest BCUT2D eigenvalue weighted by Crippen LogP contribution is -2.15. The Balaban J connectivity index is 1.54. The minimum absolute atomic E-state index is 0.191. The fourth-order valence-corrected chi connectivity index (χ4v) is 4.74. The van der Waals surface area contributed by atoms with Gasteiger partial charge in [-0.05, 0) is 29.8 Å². The first kappa shape index (κ1) is 18.8. The third-order valence-electron chi connectivity index (χ3n) is 5.17. The maximum atomic E-state index is 13.4. The fourth-order valence-electron chi connectivity index (χ4n) is 3.80. The minimum atomic E-state index is -0.191. The van der Waals surface area contributed by atoms with Crippen molar-refractivity contribution >= 4 is 34.1 Å². The molecule has 4 aromatic rings. The van der Waals surface area contributed by atoms with E-state index in [4.69, 9.17) is 9.72 Å².